The molecule has 1 aromatic carbocycles. The number of para-hydroxylation sites is 1. The summed E-state index contributed by atoms with van der Waals surface area (Å²) in [5.41, 5.74) is 0.549. The summed E-state index contributed by atoms with van der Waals surface area (Å²) in [6.45, 7) is 1.64. The molecule has 1 N–H and O–H groups in total. The van der Waals surface area contributed by atoms with Gasteiger partial charge in [-0.1, -0.05) is 24.1 Å². The Kier molecular flexibility index (Phi) is 5.25. The molecule has 1 amide bonds. The number of benzene rings is 1. The molecule has 0 bridgehead atoms. The summed E-state index contributed by atoms with van der Waals surface area (Å²) in [5, 5.41) is 9.17. The van der Waals surface area contributed by atoms with Crippen LogP contribution in [0.2, 0.25) is 0 Å². The van der Waals surface area contributed by atoms with Crippen LogP contribution < -0.4 is 4.90 Å². The highest BCUT2D eigenvalue weighted by atomic mass is 127. The van der Waals surface area contributed by atoms with E-state index in [4.69, 9.17) is 11.2 Å². The molecule has 1 rings (SSSR count). The van der Waals surface area contributed by atoms with E-state index in [9.17, 15) is 9.90 Å². The third-order valence-electron chi connectivity index (χ3n) is 2.05. The largest absolute Gasteiger partial charge is 0.465 e. The second-order valence-electron chi connectivity index (χ2n) is 3.21. The zero-order valence-corrected chi connectivity index (χ0v) is 11.4. The van der Waals surface area contributed by atoms with Crippen molar-refractivity contribution >= 4 is 34.4 Å². The Bertz CT molecular complexity index is 416. The number of terminal acetylenes is 1. The van der Waals surface area contributed by atoms with Crippen LogP contribution in [0.25, 0.3) is 0 Å². The van der Waals surface area contributed by atoms with Crippen molar-refractivity contribution in [3.05, 3.63) is 30.3 Å². The molecule has 1 aromatic rings. The number of nitrogens with zero attached hydrogens (tertiary/aromatic N) is 1. The minimum absolute atomic E-state index is 0.465. The Hall–Kier alpha value is -1.26. The number of alkyl halides is 1. The molecule has 0 aliphatic heterocycles. The van der Waals surface area contributed by atoms with Crippen LogP contribution in [0.5, 0.6) is 0 Å². The first-order valence-electron chi connectivity index (χ1n) is 4.89. The van der Waals surface area contributed by atoms with E-state index in [0.29, 0.717) is 5.69 Å². The summed E-state index contributed by atoms with van der Waals surface area (Å²) < 4.78 is 4.91. The molecule has 0 fully saturated rings. The molecular weight excluding hydrogens is 333 g/mol. The standard InChI is InChI=1S/C12H12INO3/c1-3-11(13)17-9(2)14(12(15)16)10-7-5-4-6-8-10/h1,4-9,11H,2H3,(H,15,16). The van der Waals surface area contributed by atoms with Gasteiger partial charge in [-0.3, -0.25) is 4.90 Å². The second-order valence-corrected chi connectivity index (χ2v) is 4.34. The first-order chi connectivity index (χ1) is 8.06. The van der Waals surface area contributed by atoms with E-state index in [-0.39, 0.29) is 0 Å². The van der Waals surface area contributed by atoms with E-state index in [2.05, 4.69) is 5.92 Å². The lowest BCUT2D eigenvalue weighted by atomic mass is 10.3. The fraction of sp³-hybridized carbons (Fsp3) is 0.250. The number of rotatable bonds is 4. The number of anilines is 1. The van der Waals surface area contributed by atoms with E-state index in [1.54, 1.807) is 31.2 Å². The van der Waals surface area contributed by atoms with Crippen LogP contribution in [0, 0.1) is 12.3 Å². The van der Waals surface area contributed by atoms with E-state index >= 15 is 0 Å². The Morgan fingerprint density at radius 2 is 2.12 bits per heavy atom. The summed E-state index contributed by atoms with van der Waals surface area (Å²) in [4.78, 5) is 12.3. The van der Waals surface area contributed by atoms with Crippen LogP contribution in [0.15, 0.2) is 30.3 Å². The van der Waals surface area contributed by atoms with Gasteiger partial charge in [0.05, 0.1) is 0 Å². The minimum Gasteiger partial charge on any atom is -0.465 e. The van der Waals surface area contributed by atoms with E-state index in [0.717, 1.165) is 4.90 Å². The van der Waals surface area contributed by atoms with Crippen LogP contribution in [0.1, 0.15) is 6.92 Å². The highest BCUT2D eigenvalue weighted by Crippen LogP contribution is 2.19. The predicted octanol–water partition coefficient (Wildman–Crippen LogP) is 2.93. The first kappa shape index (κ1) is 13.8. The van der Waals surface area contributed by atoms with Crippen molar-refractivity contribution in [1.82, 2.24) is 0 Å². The zero-order chi connectivity index (χ0) is 12.8. The number of ether oxygens (including phenoxy) is 1. The van der Waals surface area contributed by atoms with Crippen LogP contribution in [0.3, 0.4) is 0 Å². The summed E-state index contributed by atoms with van der Waals surface area (Å²) in [6.07, 6.45) is 3.46. The van der Waals surface area contributed by atoms with Crippen molar-refractivity contribution in [2.75, 3.05) is 4.90 Å². The molecule has 0 aromatic heterocycles. The highest BCUT2D eigenvalue weighted by molar-refractivity contribution is 14.1. The zero-order valence-electron chi connectivity index (χ0n) is 9.21. The molecule has 0 saturated carbocycles. The SMILES string of the molecule is C#CC(I)OC(C)N(C(=O)O)c1ccccc1. The quantitative estimate of drug-likeness (QED) is 0.395. The van der Waals surface area contributed by atoms with Crippen LogP contribution >= 0.6 is 22.6 Å². The maximum atomic E-state index is 11.2. The Morgan fingerprint density at radius 3 is 2.59 bits per heavy atom. The molecule has 0 heterocycles. The van der Waals surface area contributed by atoms with Gasteiger partial charge in [0.15, 0.2) is 4.11 Å². The maximum absolute atomic E-state index is 11.2. The third-order valence-corrected chi connectivity index (χ3v) is 2.70. The maximum Gasteiger partial charge on any atom is 0.413 e. The number of amides is 1. The van der Waals surface area contributed by atoms with Crippen molar-refractivity contribution in [2.24, 2.45) is 0 Å². The van der Waals surface area contributed by atoms with Crippen LogP contribution in [0.4, 0.5) is 10.5 Å². The van der Waals surface area contributed by atoms with E-state index in [1.807, 2.05) is 28.7 Å². The van der Waals surface area contributed by atoms with Gasteiger partial charge in [-0.2, -0.15) is 0 Å². The molecule has 0 aliphatic carbocycles. The molecule has 17 heavy (non-hydrogen) atoms. The molecule has 2 unspecified atom stereocenters. The Morgan fingerprint density at radius 1 is 1.53 bits per heavy atom. The van der Waals surface area contributed by atoms with Gasteiger partial charge in [-0.25, -0.2) is 4.79 Å². The topological polar surface area (TPSA) is 49.8 Å². The number of hydrogen-bond donors (Lipinski definition) is 1. The van der Waals surface area contributed by atoms with Crippen molar-refractivity contribution in [2.45, 2.75) is 17.3 Å². The third kappa shape index (κ3) is 3.91. The second kappa shape index (κ2) is 6.47. The van der Waals surface area contributed by atoms with Gasteiger partial charge in [0.25, 0.3) is 0 Å². The molecular formula is C12H12INO3. The van der Waals surface area contributed by atoms with Crippen molar-refractivity contribution < 1.29 is 14.6 Å². The molecule has 0 saturated heterocycles. The lowest BCUT2D eigenvalue weighted by Crippen LogP contribution is -2.40. The molecule has 2 atom stereocenters. The van der Waals surface area contributed by atoms with E-state index in [1.165, 1.54) is 0 Å². The minimum atomic E-state index is -1.08. The molecule has 4 nitrogen and oxygen atoms in total. The molecule has 90 valence electrons. The highest BCUT2D eigenvalue weighted by Gasteiger charge is 2.23. The van der Waals surface area contributed by atoms with Crippen molar-refractivity contribution in [1.29, 1.82) is 0 Å². The average Bonchev–Trinajstić information content (AvgIpc) is 2.29. The fourth-order valence-electron chi connectivity index (χ4n) is 1.34. The molecule has 0 radical (unpaired) electrons. The van der Waals surface area contributed by atoms with Crippen LogP contribution in [-0.4, -0.2) is 21.5 Å². The average molecular weight is 345 g/mol. The first-order valence-corrected chi connectivity index (χ1v) is 6.13. The Labute approximate surface area is 114 Å². The molecule has 0 aliphatic rings. The Balaban J connectivity index is 2.88. The van der Waals surface area contributed by atoms with E-state index < -0.39 is 16.4 Å². The summed E-state index contributed by atoms with van der Waals surface area (Å²) >= 11 is 1.92. The lowest BCUT2D eigenvalue weighted by molar-refractivity contribution is 0.0771. The summed E-state index contributed by atoms with van der Waals surface area (Å²) in [7, 11) is 0. The number of carbonyl (C=O) groups is 1. The fourth-order valence-corrected chi connectivity index (χ4v) is 1.76. The number of hydrogen-bond acceptors (Lipinski definition) is 2. The van der Waals surface area contributed by atoms with Gasteiger partial charge in [0.1, 0.15) is 6.23 Å². The van der Waals surface area contributed by atoms with Gasteiger partial charge in [-0.15, -0.1) is 6.42 Å². The monoisotopic (exact) mass is 345 g/mol. The lowest BCUT2D eigenvalue weighted by Gasteiger charge is -2.27. The summed E-state index contributed by atoms with van der Waals surface area (Å²) in [5.74, 6) is 2.39. The number of halogens is 1. The van der Waals surface area contributed by atoms with Gasteiger partial charge in [0.2, 0.25) is 0 Å². The smallest absolute Gasteiger partial charge is 0.413 e. The van der Waals surface area contributed by atoms with Gasteiger partial charge in [-0.05, 0) is 41.6 Å². The number of carboxylic acid groups (broad SMARTS) is 1. The normalized spacial score (nSPS) is 13.5. The van der Waals surface area contributed by atoms with Crippen molar-refractivity contribution in [3.8, 4) is 12.3 Å². The van der Waals surface area contributed by atoms with Crippen LogP contribution in [-0.2, 0) is 4.74 Å². The predicted molar refractivity (Wildman–Crippen MR) is 74.1 cm³/mol. The van der Waals surface area contributed by atoms with Crippen molar-refractivity contribution in [3.63, 3.8) is 0 Å². The summed E-state index contributed by atoms with van der Waals surface area (Å²) in [6, 6.07) is 8.75. The van der Waals surface area contributed by atoms with Gasteiger partial charge in [0, 0.05) is 5.69 Å². The molecule has 5 heteroatoms. The van der Waals surface area contributed by atoms with Gasteiger partial charge >= 0.3 is 6.09 Å². The van der Waals surface area contributed by atoms with Gasteiger partial charge < -0.3 is 9.84 Å². The molecule has 0 spiro atoms.